The van der Waals surface area contributed by atoms with E-state index in [1.165, 1.54) is 17.3 Å². The topological polar surface area (TPSA) is 98.7 Å². The summed E-state index contributed by atoms with van der Waals surface area (Å²) in [5.41, 5.74) is 0. The van der Waals surface area contributed by atoms with Crippen molar-refractivity contribution in [2.45, 2.75) is 12.5 Å². The Morgan fingerprint density at radius 2 is 1.55 bits per heavy atom. The number of aliphatic hydroxyl groups is 1. The molecule has 0 aliphatic rings. The minimum Gasteiger partial charge on any atom is -0.388 e. The van der Waals surface area contributed by atoms with Crippen LogP contribution < -0.4 is 0 Å². The summed E-state index contributed by atoms with van der Waals surface area (Å²) >= 11 is 5.45. The van der Waals surface area contributed by atoms with E-state index in [1.807, 2.05) is 7.05 Å². The van der Waals surface area contributed by atoms with Gasteiger partial charge in [0.15, 0.2) is 5.82 Å². The van der Waals surface area contributed by atoms with Gasteiger partial charge in [-0.15, -0.1) is 11.6 Å². The Hall–Kier alpha value is -0.740. The molecule has 2 aromatic rings. The molecule has 1 N–H and O–H groups in total. The van der Waals surface area contributed by atoms with E-state index in [1.54, 1.807) is 11.7 Å². The number of halogens is 3. The first-order chi connectivity index (χ1) is 9.42. The Kier molecular flexibility index (Phi) is 10.6. The SMILES string of the molecule is Cn1ncnc1CCl.Cn1ncnc1CO.O=S(Cl)Cl. The lowest BCUT2D eigenvalue weighted by Gasteiger charge is -1.89. The van der Waals surface area contributed by atoms with Gasteiger partial charge in [0.05, 0.1) is 5.88 Å². The van der Waals surface area contributed by atoms with Crippen LogP contribution in [-0.4, -0.2) is 38.8 Å². The lowest BCUT2D eigenvalue weighted by molar-refractivity contribution is 0.265. The summed E-state index contributed by atoms with van der Waals surface area (Å²) in [5, 5.41) is 16.0. The van der Waals surface area contributed by atoms with Crippen LogP contribution in [0.15, 0.2) is 12.7 Å². The van der Waals surface area contributed by atoms with Crippen molar-refractivity contribution in [2.75, 3.05) is 0 Å². The molecule has 0 amide bonds. The number of aromatic nitrogens is 6. The Morgan fingerprint density at radius 1 is 1.15 bits per heavy atom. The molecule has 2 heterocycles. The zero-order chi connectivity index (χ0) is 15.5. The predicted octanol–water partition coefficient (Wildman–Crippen LogP) is 0.904. The molecule has 8 nitrogen and oxygen atoms in total. The largest absolute Gasteiger partial charge is 0.388 e. The van der Waals surface area contributed by atoms with Crippen molar-refractivity contribution in [2.24, 2.45) is 14.1 Å². The third kappa shape index (κ3) is 8.43. The molecule has 0 spiro atoms. The summed E-state index contributed by atoms with van der Waals surface area (Å²) < 4.78 is 12.3. The molecular weight excluding hydrogens is 351 g/mol. The summed E-state index contributed by atoms with van der Waals surface area (Å²) in [6.45, 7) is -0.0451. The maximum absolute atomic E-state index is 9.09. The zero-order valence-corrected chi connectivity index (χ0v) is 13.7. The van der Waals surface area contributed by atoms with E-state index in [2.05, 4.69) is 41.5 Å². The molecule has 0 aliphatic carbocycles. The van der Waals surface area contributed by atoms with Crippen LogP contribution in [0.2, 0.25) is 0 Å². The molecule has 0 saturated carbocycles. The molecule has 2 rings (SSSR count). The fraction of sp³-hybridized carbons (Fsp3) is 0.500. The fourth-order valence-corrected chi connectivity index (χ4v) is 1.15. The molecule has 0 radical (unpaired) electrons. The Labute approximate surface area is 132 Å². The molecule has 2 aromatic heterocycles. The molecule has 0 aliphatic heterocycles. The van der Waals surface area contributed by atoms with Crippen molar-refractivity contribution < 1.29 is 9.32 Å². The summed E-state index contributed by atoms with van der Waals surface area (Å²) in [5.74, 6) is 1.81. The number of aliphatic hydroxyl groups excluding tert-OH is 1. The molecule has 0 aromatic carbocycles. The van der Waals surface area contributed by atoms with E-state index in [0.717, 1.165) is 5.82 Å². The van der Waals surface area contributed by atoms with Gasteiger partial charge in [-0.25, -0.2) is 14.2 Å². The highest BCUT2D eigenvalue weighted by Crippen LogP contribution is 1.93. The Balaban J connectivity index is 0.000000289. The number of nitrogens with zero attached hydrogens (tertiary/aromatic N) is 6. The summed E-state index contributed by atoms with van der Waals surface area (Å²) in [7, 11) is 10.9. The van der Waals surface area contributed by atoms with Crippen LogP contribution in [0.25, 0.3) is 0 Å². The first-order valence-corrected chi connectivity index (χ1v) is 8.32. The molecular formula is C8H13Cl3N6O2S. The minimum absolute atomic E-state index is 0.0451. The highest BCUT2D eigenvalue weighted by molar-refractivity contribution is 8.26. The highest BCUT2D eigenvalue weighted by atomic mass is 36.0. The average molecular weight is 364 g/mol. The van der Waals surface area contributed by atoms with Gasteiger partial charge in [0.2, 0.25) is 9.23 Å². The lowest BCUT2D eigenvalue weighted by atomic mass is 10.7. The summed E-state index contributed by atoms with van der Waals surface area (Å²) in [4.78, 5) is 7.59. The van der Waals surface area contributed by atoms with Crippen LogP contribution in [-0.2, 0) is 35.8 Å². The normalized spacial score (nSPS) is 9.55. The molecule has 0 unspecified atom stereocenters. The Morgan fingerprint density at radius 3 is 1.70 bits per heavy atom. The zero-order valence-electron chi connectivity index (χ0n) is 10.6. The van der Waals surface area contributed by atoms with Crippen molar-refractivity contribution in [3.63, 3.8) is 0 Å². The monoisotopic (exact) mass is 362 g/mol. The second kappa shape index (κ2) is 11.0. The van der Waals surface area contributed by atoms with Gasteiger partial charge in [-0.05, 0) is 0 Å². The molecule has 0 bridgehead atoms. The molecule has 12 heteroatoms. The van der Waals surface area contributed by atoms with Crippen molar-refractivity contribution in [1.82, 2.24) is 29.5 Å². The molecule has 0 fully saturated rings. The van der Waals surface area contributed by atoms with Gasteiger partial charge in [0.25, 0.3) is 0 Å². The second-order valence-electron chi connectivity index (χ2n) is 3.08. The summed E-state index contributed by atoms with van der Waals surface area (Å²) in [6, 6.07) is 0. The number of hydrogen-bond donors (Lipinski definition) is 1. The molecule has 0 atom stereocenters. The first kappa shape index (κ1) is 19.3. The Bertz CT molecular complexity index is 476. The summed E-state index contributed by atoms with van der Waals surface area (Å²) in [6.07, 6.45) is 2.89. The van der Waals surface area contributed by atoms with E-state index < -0.39 is 9.23 Å². The third-order valence-electron chi connectivity index (χ3n) is 1.87. The predicted molar refractivity (Wildman–Crippen MR) is 77.3 cm³/mol. The maximum atomic E-state index is 9.09. The maximum Gasteiger partial charge on any atom is 0.211 e. The van der Waals surface area contributed by atoms with Gasteiger partial charge in [0, 0.05) is 35.5 Å². The van der Waals surface area contributed by atoms with Crippen LogP contribution in [0.1, 0.15) is 11.6 Å². The van der Waals surface area contributed by atoms with Crippen LogP contribution in [0.4, 0.5) is 0 Å². The van der Waals surface area contributed by atoms with E-state index in [9.17, 15) is 0 Å². The molecule has 20 heavy (non-hydrogen) atoms. The van der Waals surface area contributed by atoms with Gasteiger partial charge in [0.1, 0.15) is 25.1 Å². The van der Waals surface area contributed by atoms with Crippen LogP contribution in [0, 0.1) is 0 Å². The van der Waals surface area contributed by atoms with E-state index in [4.69, 9.17) is 20.9 Å². The van der Waals surface area contributed by atoms with Crippen molar-refractivity contribution in [3.8, 4) is 0 Å². The molecule has 114 valence electrons. The number of rotatable bonds is 2. The number of hydrogen-bond acceptors (Lipinski definition) is 6. The standard InChI is InChI=1S/C4H6ClN3.C4H7N3O.Cl2OS/c1-8-4(2-5)6-3-7-8;1-7-4(2-8)5-3-6-7;1-4(2)3/h3H,2H2,1H3;3,8H,2H2,1H3;. The van der Waals surface area contributed by atoms with Crippen LogP contribution >= 0.6 is 33.0 Å². The van der Waals surface area contributed by atoms with Gasteiger partial charge in [-0.3, -0.25) is 9.36 Å². The molecule has 0 saturated heterocycles. The van der Waals surface area contributed by atoms with Gasteiger partial charge in [-0.2, -0.15) is 10.2 Å². The smallest absolute Gasteiger partial charge is 0.211 e. The average Bonchev–Trinajstić information content (AvgIpc) is 2.97. The van der Waals surface area contributed by atoms with Crippen LogP contribution in [0.3, 0.4) is 0 Å². The highest BCUT2D eigenvalue weighted by Gasteiger charge is 1.94. The van der Waals surface area contributed by atoms with E-state index >= 15 is 0 Å². The van der Waals surface area contributed by atoms with Crippen molar-refractivity contribution in [1.29, 1.82) is 0 Å². The van der Waals surface area contributed by atoms with E-state index in [-0.39, 0.29) is 6.61 Å². The lowest BCUT2D eigenvalue weighted by Crippen LogP contribution is -1.97. The third-order valence-corrected chi connectivity index (χ3v) is 2.11. The van der Waals surface area contributed by atoms with Crippen LogP contribution in [0.5, 0.6) is 0 Å². The van der Waals surface area contributed by atoms with Crippen molar-refractivity contribution >= 4 is 42.2 Å². The minimum atomic E-state index is -1.67. The van der Waals surface area contributed by atoms with Gasteiger partial charge >= 0.3 is 0 Å². The second-order valence-corrected chi connectivity index (χ2v) is 5.87. The fourth-order valence-electron chi connectivity index (χ4n) is 0.904. The van der Waals surface area contributed by atoms with Gasteiger partial charge in [-0.1, -0.05) is 0 Å². The van der Waals surface area contributed by atoms with Gasteiger partial charge < -0.3 is 5.11 Å². The van der Waals surface area contributed by atoms with Crippen molar-refractivity contribution in [3.05, 3.63) is 24.3 Å². The quantitative estimate of drug-likeness (QED) is 0.629. The van der Waals surface area contributed by atoms with E-state index in [0.29, 0.717) is 11.7 Å². The number of alkyl halides is 1. The first-order valence-electron chi connectivity index (χ1n) is 4.99. The number of aryl methyl sites for hydroxylation is 2.